The zero-order valence-electron chi connectivity index (χ0n) is 11.8. The Morgan fingerprint density at radius 2 is 2.11 bits per heavy atom. The minimum Gasteiger partial charge on any atom is -0.316 e. The molecule has 0 saturated heterocycles. The molecule has 0 spiro atoms. The molecule has 0 aliphatic heterocycles. The van der Waals surface area contributed by atoms with Crippen molar-refractivity contribution in [2.24, 2.45) is 11.3 Å². The van der Waals surface area contributed by atoms with E-state index in [1.165, 1.54) is 24.8 Å². The number of halogens is 2. The van der Waals surface area contributed by atoms with Crippen molar-refractivity contribution < 1.29 is 0 Å². The van der Waals surface area contributed by atoms with Gasteiger partial charge in [-0.05, 0) is 54.8 Å². The van der Waals surface area contributed by atoms with E-state index >= 15 is 0 Å². The highest BCUT2D eigenvalue weighted by molar-refractivity contribution is 9.10. The molecule has 1 aliphatic carbocycles. The molecule has 1 nitrogen and oxygen atoms in total. The Morgan fingerprint density at radius 1 is 1.37 bits per heavy atom. The van der Waals surface area contributed by atoms with Gasteiger partial charge in [0.2, 0.25) is 0 Å². The average Bonchev–Trinajstić information content (AvgIpc) is 2.28. The molecule has 2 rings (SSSR count). The van der Waals surface area contributed by atoms with Crippen molar-refractivity contribution in [3.05, 3.63) is 33.3 Å². The Kier molecular flexibility index (Phi) is 5.33. The minimum atomic E-state index is 0.437. The largest absolute Gasteiger partial charge is 0.316 e. The zero-order chi connectivity index (χ0) is 13.9. The summed E-state index contributed by atoms with van der Waals surface area (Å²) < 4.78 is 1.06. The van der Waals surface area contributed by atoms with E-state index in [9.17, 15) is 0 Å². The number of benzene rings is 1. The maximum Gasteiger partial charge on any atom is 0.0449 e. The van der Waals surface area contributed by atoms with Gasteiger partial charge in [0.1, 0.15) is 0 Å². The summed E-state index contributed by atoms with van der Waals surface area (Å²) in [6, 6.07) is 6.26. The Labute approximate surface area is 130 Å². The SMILES string of the molecule is CC(C)CNCC1(Cc2ccc(Br)cc2Cl)CCC1. The Hall–Kier alpha value is -0.0500. The molecule has 1 aliphatic rings. The van der Waals surface area contributed by atoms with Crippen LogP contribution < -0.4 is 5.32 Å². The van der Waals surface area contributed by atoms with E-state index in [2.05, 4.69) is 47.2 Å². The fraction of sp³-hybridized carbons (Fsp3) is 0.625. The maximum atomic E-state index is 6.35. The molecule has 3 heteroatoms. The first kappa shape index (κ1) is 15.3. The van der Waals surface area contributed by atoms with Gasteiger partial charge in [-0.3, -0.25) is 0 Å². The number of rotatable bonds is 6. The van der Waals surface area contributed by atoms with E-state index in [1.54, 1.807) is 0 Å². The first-order chi connectivity index (χ1) is 9.01. The number of hydrogen-bond donors (Lipinski definition) is 1. The predicted molar refractivity (Wildman–Crippen MR) is 86.8 cm³/mol. The summed E-state index contributed by atoms with van der Waals surface area (Å²) in [5, 5.41) is 4.52. The summed E-state index contributed by atoms with van der Waals surface area (Å²) in [4.78, 5) is 0. The summed E-state index contributed by atoms with van der Waals surface area (Å²) in [6.45, 7) is 6.74. The Balaban J connectivity index is 1.98. The van der Waals surface area contributed by atoms with Gasteiger partial charge in [0, 0.05) is 16.0 Å². The van der Waals surface area contributed by atoms with Crippen molar-refractivity contribution >= 4 is 27.5 Å². The Morgan fingerprint density at radius 3 is 2.63 bits per heavy atom. The van der Waals surface area contributed by atoms with Crippen LogP contribution in [0, 0.1) is 11.3 Å². The van der Waals surface area contributed by atoms with Crippen LogP contribution in [0.1, 0.15) is 38.7 Å². The van der Waals surface area contributed by atoms with E-state index in [1.807, 2.05) is 6.07 Å². The third-order valence-corrected chi connectivity index (χ3v) is 4.89. The molecule has 1 fully saturated rings. The lowest BCUT2D eigenvalue weighted by Gasteiger charge is -2.43. The molecular weight excluding hydrogens is 322 g/mol. The van der Waals surface area contributed by atoms with Gasteiger partial charge in [-0.25, -0.2) is 0 Å². The molecule has 1 saturated carbocycles. The lowest BCUT2D eigenvalue weighted by atomic mass is 9.65. The van der Waals surface area contributed by atoms with Crippen LogP contribution in [0.15, 0.2) is 22.7 Å². The summed E-state index contributed by atoms with van der Waals surface area (Å²) in [6.07, 6.45) is 5.11. The van der Waals surface area contributed by atoms with Gasteiger partial charge in [0.25, 0.3) is 0 Å². The number of hydrogen-bond acceptors (Lipinski definition) is 1. The average molecular weight is 345 g/mol. The lowest BCUT2D eigenvalue weighted by molar-refractivity contribution is 0.129. The summed E-state index contributed by atoms with van der Waals surface area (Å²) in [5.41, 5.74) is 1.72. The van der Waals surface area contributed by atoms with E-state index in [0.29, 0.717) is 11.3 Å². The second-order valence-electron chi connectivity index (χ2n) is 6.29. The van der Waals surface area contributed by atoms with E-state index < -0.39 is 0 Å². The van der Waals surface area contributed by atoms with Crippen LogP contribution in [-0.4, -0.2) is 13.1 Å². The fourth-order valence-corrected chi connectivity index (χ4v) is 3.53. The molecular formula is C16H23BrClN. The highest BCUT2D eigenvalue weighted by atomic mass is 79.9. The zero-order valence-corrected chi connectivity index (χ0v) is 14.1. The number of nitrogens with one attached hydrogen (secondary N) is 1. The molecule has 19 heavy (non-hydrogen) atoms. The standard InChI is InChI=1S/C16H23BrClN/c1-12(2)10-19-11-16(6-3-7-16)9-13-4-5-14(17)8-15(13)18/h4-5,8,12,19H,3,6-7,9-11H2,1-2H3. The molecule has 1 aromatic rings. The minimum absolute atomic E-state index is 0.437. The van der Waals surface area contributed by atoms with Gasteiger partial charge in [0.05, 0.1) is 0 Å². The van der Waals surface area contributed by atoms with Gasteiger partial charge in [0.15, 0.2) is 0 Å². The lowest BCUT2D eigenvalue weighted by Crippen LogP contribution is -2.42. The van der Waals surface area contributed by atoms with E-state index in [-0.39, 0.29) is 0 Å². The van der Waals surface area contributed by atoms with Crippen LogP contribution in [0.3, 0.4) is 0 Å². The second-order valence-corrected chi connectivity index (χ2v) is 7.61. The molecule has 1 aromatic carbocycles. The van der Waals surface area contributed by atoms with Crippen LogP contribution in [0.4, 0.5) is 0 Å². The third kappa shape index (κ3) is 4.21. The molecule has 106 valence electrons. The molecule has 0 amide bonds. The van der Waals surface area contributed by atoms with Crippen LogP contribution in [0.2, 0.25) is 5.02 Å². The van der Waals surface area contributed by atoms with Crippen LogP contribution >= 0.6 is 27.5 Å². The van der Waals surface area contributed by atoms with Gasteiger partial charge < -0.3 is 5.32 Å². The quantitative estimate of drug-likeness (QED) is 0.760. The van der Waals surface area contributed by atoms with Gasteiger partial charge in [-0.1, -0.05) is 53.9 Å². The van der Waals surface area contributed by atoms with Crippen LogP contribution in [0.5, 0.6) is 0 Å². The first-order valence-electron chi connectivity index (χ1n) is 7.15. The smallest absolute Gasteiger partial charge is 0.0449 e. The molecule has 0 radical (unpaired) electrons. The van der Waals surface area contributed by atoms with Crippen molar-refractivity contribution in [3.8, 4) is 0 Å². The molecule has 1 N–H and O–H groups in total. The van der Waals surface area contributed by atoms with Crippen molar-refractivity contribution in [1.82, 2.24) is 5.32 Å². The third-order valence-electron chi connectivity index (χ3n) is 4.05. The van der Waals surface area contributed by atoms with Crippen molar-refractivity contribution in [1.29, 1.82) is 0 Å². The molecule has 0 heterocycles. The van der Waals surface area contributed by atoms with Gasteiger partial charge in [-0.15, -0.1) is 0 Å². The van der Waals surface area contributed by atoms with Crippen molar-refractivity contribution in [2.75, 3.05) is 13.1 Å². The van der Waals surface area contributed by atoms with Crippen LogP contribution in [0.25, 0.3) is 0 Å². The summed E-state index contributed by atoms with van der Waals surface area (Å²) in [7, 11) is 0. The van der Waals surface area contributed by atoms with Gasteiger partial charge in [-0.2, -0.15) is 0 Å². The monoisotopic (exact) mass is 343 g/mol. The highest BCUT2D eigenvalue weighted by Crippen LogP contribution is 2.44. The van der Waals surface area contributed by atoms with Crippen molar-refractivity contribution in [2.45, 2.75) is 39.5 Å². The van der Waals surface area contributed by atoms with Gasteiger partial charge >= 0.3 is 0 Å². The first-order valence-corrected chi connectivity index (χ1v) is 8.32. The van der Waals surface area contributed by atoms with Crippen LogP contribution in [-0.2, 0) is 6.42 Å². The van der Waals surface area contributed by atoms with E-state index in [0.717, 1.165) is 29.0 Å². The summed E-state index contributed by atoms with van der Waals surface area (Å²) >= 11 is 9.82. The summed E-state index contributed by atoms with van der Waals surface area (Å²) in [5.74, 6) is 0.716. The predicted octanol–water partition coefficient (Wildman–Crippen LogP) is 5.06. The highest BCUT2D eigenvalue weighted by Gasteiger charge is 2.36. The molecule has 0 aromatic heterocycles. The molecule has 0 atom stereocenters. The fourth-order valence-electron chi connectivity index (χ4n) is 2.79. The second kappa shape index (κ2) is 6.60. The van der Waals surface area contributed by atoms with E-state index in [4.69, 9.17) is 11.6 Å². The molecule has 0 bridgehead atoms. The van der Waals surface area contributed by atoms with Crippen molar-refractivity contribution in [3.63, 3.8) is 0 Å². The Bertz CT molecular complexity index is 427. The topological polar surface area (TPSA) is 12.0 Å². The maximum absolute atomic E-state index is 6.35. The molecule has 0 unspecified atom stereocenters. The normalized spacial score (nSPS) is 17.5.